The lowest BCUT2D eigenvalue weighted by Crippen LogP contribution is -2.33. The van der Waals surface area contributed by atoms with Crippen LogP contribution in [0.2, 0.25) is 0 Å². The highest BCUT2D eigenvalue weighted by Crippen LogP contribution is 2.31. The van der Waals surface area contributed by atoms with Crippen LogP contribution in [0.1, 0.15) is 43.9 Å². The Labute approximate surface area is 106 Å². The third-order valence-corrected chi connectivity index (χ3v) is 5.57. The minimum Gasteiger partial charge on any atom is -0.323 e. The molecule has 0 fully saturated rings. The molecule has 0 bridgehead atoms. The van der Waals surface area contributed by atoms with Crippen LogP contribution >= 0.6 is 0 Å². The van der Waals surface area contributed by atoms with Gasteiger partial charge in [0.1, 0.15) is 0 Å². The van der Waals surface area contributed by atoms with Gasteiger partial charge in [-0.2, -0.15) is 0 Å². The SMILES string of the molecule is CC(C)S(=O)C1CCCc2ccccc2C1N. The fourth-order valence-corrected chi connectivity index (χ4v) is 4.10. The highest BCUT2D eigenvalue weighted by molar-refractivity contribution is 7.86. The van der Waals surface area contributed by atoms with Crippen LogP contribution in [0.3, 0.4) is 0 Å². The van der Waals surface area contributed by atoms with Crippen molar-refractivity contribution >= 4 is 10.8 Å². The molecule has 3 heteroatoms. The van der Waals surface area contributed by atoms with Gasteiger partial charge in [0.2, 0.25) is 0 Å². The van der Waals surface area contributed by atoms with Gasteiger partial charge < -0.3 is 5.73 Å². The van der Waals surface area contributed by atoms with E-state index in [9.17, 15) is 4.21 Å². The van der Waals surface area contributed by atoms with Crippen molar-refractivity contribution in [2.45, 2.75) is 49.7 Å². The summed E-state index contributed by atoms with van der Waals surface area (Å²) in [4.78, 5) is 0. The molecule has 3 atom stereocenters. The van der Waals surface area contributed by atoms with Crippen molar-refractivity contribution in [1.29, 1.82) is 0 Å². The molecule has 0 saturated carbocycles. The molecule has 2 N–H and O–H groups in total. The smallest absolute Gasteiger partial charge is 0.0543 e. The monoisotopic (exact) mass is 251 g/mol. The zero-order valence-electron chi connectivity index (χ0n) is 10.6. The summed E-state index contributed by atoms with van der Waals surface area (Å²) >= 11 is 0. The van der Waals surface area contributed by atoms with Crippen LogP contribution in [0.15, 0.2) is 24.3 Å². The molecule has 17 heavy (non-hydrogen) atoms. The largest absolute Gasteiger partial charge is 0.323 e. The van der Waals surface area contributed by atoms with Gasteiger partial charge in [-0.3, -0.25) is 4.21 Å². The fourth-order valence-electron chi connectivity index (χ4n) is 2.57. The predicted molar refractivity (Wildman–Crippen MR) is 73.4 cm³/mol. The molecule has 0 saturated heterocycles. The molecule has 2 nitrogen and oxygen atoms in total. The van der Waals surface area contributed by atoms with Gasteiger partial charge in [-0.15, -0.1) is 0 Å². The summed E-state index contributed by atoms with van der Waals surface area (Å²) in [6.45, 7) is 4.03. The summed E-state index contributed by atoms with van der Waals surface area (Å²) < 4.78 is 12.3. The summed E-state index contributed by atoms with van der Waals surface area (Å²) in [5, 5.41) is 0.301. The second kappa shape index (κ2) is 5.32. The molecule has 0 spiro atoms. The van der Waals surface area contributed by atoms with Gasteiger partial charge in [0, 0.05) is 22.1 Å². The van der Waals surface area contributed by atoms with Gasteiger partial charge in [-0.1, -0.05) is 38.1 Å². The third kappa shape index (κ3) is 2.61. The van der Waals surface area contributed by atoms with E-state index in [1.807, 2.05) is 19.9 Å². The topological polar surface area (TPSA) is 43.1 Å². The first-order valence-electron chi connectivity index (χ1n) is 6.34. The second-order valence-corrected chi connectivity index (χ2v) is 7.24. The van der Waals surface area contributed by atoms with Crippen LogP contribution in [0.4, 0.5) is 0 Å². The van der Waals surface area contributed by atoms with Crippen LogP contribution in [0.25, 0.3) is 0 Å². The number of hydrogen-bond acceptors (Lipinski definition) is 2. The van der Waals surface area contributed by atoms with Gasteiger partial charge in [-0.25, -0.2) is 0 Å². The molecule has 2 rings (SSSR count). The lowest BCUT2D eigenvalue weighted by Gasteiger charge is -2.24. The molecule has 0 heterocycles. The number of rotatable bonds is 2. The third-order valence-electron chi connectivity index (χ3n) is 3.51. The highest BCUT2D eigenvalue weighted by Gasteiger charge is 2.30. The van der Waals surface area contributed by atoms with Gasteiger partial charge in [0.15, 0.2) is 0 Å². The predicted octanol–water partition coefficient (Wildman–Crippen LogP) is 2.55. The van der Waals surface area contributed by atoms with Crippen molar-refractivity contribution in [2.24, 2.45) is 5.73 Å². The Hall–Kier alpha value is -0.670. The Kier molecular flexibility index (Phi) is 4.00. The first kappa shape index (κ1) is 12.8. The van der Waals surface area contributed by atoms with E-state index in [1.165, 1.54) is 11.1 Å². The summed E-state index contributed by atoms with van der Waals surface area (Å²) in [5.74, 6) is 0. The van der Waals surface area contributed by atoms with Gasteiger partial charge in [-0.05, 0) is 30.4 Å². The Balaban J connectivity index is 2.32. The average Bonchev–Trinajstić information content (AvgIpc) is 2.48. The Bertz CT molecular complexity index is 416. The standard InChI is InChI=1S/C14H21NOS/c1-10(2)17(16)13-9-5-7-11-6-3-4-8-12(11)14(13)15/h3-4,6,8,10,13-14H,5,7,9,15H2,1-2H3. The first-order valence-corrected chi connectivity index (χ1v) is 7.61. The van der Waals surface area contributed by atoms with Crippen LogP contribution in [-0.4, -0.2) is 14.7 Å². The number of fused-ring (bicyclic) bond motifs is 1. The number of benzene rings is 1. The maximum absolute atomic E-state index is 12.3. The molecule has 1 aromatic rings. The van der Waals surface area contributed by atoms with E-state index < -0.39 is 10.8 Å². The van der Waals surface area contributed by atoms with Crippen LogP contribution < -0.4 is 5.73 Å². The molecular formula is C14H21NOS. The van der Waals surface area contributed by atoms with E-state index in [2.05, 4.69) is 18.2 Å². The fraction of sp³-hybridized carbons (Fsp3) is 0.571. The van der Waals surface area contributed by atoms with Crippen LogP contribution in [-0.2, 0) is 17.2 Å². The van der Waals surface area contributed by atoms with Crippen molar-refractivity contribution in [3.05, 3.63) is 35.4 Å². The molecule has 3 unspecified atom stereocenters. The number of hydrogen-bond donors (Lipinski definition) is 1. The Morgan fingerprint density at radius 1 is 1.35 bits per heavy atom. The zero-order valence-corrected chi connectivity index (χ0v) is 11.4. The molecule has 0 radical (unpaired) electrons. The van der Waals surface area contributed by atoms with E-state index >= 15 is 0 Å². The average molecular weight is 251 g/mol. The molecule has 94 valence electrons. The van der Waals surface area contributed by atoms with Crippen molar-refractivity contribution in [3.8, 4) is 0 Å². The molecule has 0 aliphatic heterocycles. The molecule has 1 aliphatic carbocycles. The van der Waals surface area contributed by atoms with Crippen molar-refractivity contribution in [3.63, 3.8) is 0 Å². The first-order chi connectivity index (χ1) is 8.11. The second-order valence-electron chi connectivity index (χ2n) is 5.03. The van der Waals surface area contributed by atoms with Gasteiger partial charge >= 0.3 is 0 Å². The summed E-state index contributed by atoms with van der Waals surface area (Å²) in [7, 11) is -0.832. The summed E-state index contributed by atoms with van der Waals surface area (Å²) in [6, 6.07) is 8.26. The van der Waals surface area contributed by atoms with Crippen molar-refractivity contribution in [1.82, 2.24) is 0 Å². The zero-order chi connectivity index (χ0) is 12.4. The van der Waals surface area contributed by atoms with Crippen molar-refractivity contribution < 1.29 is 4.21 Å². The molecule has 0 amide bonds. The quantitative estimate of drug-likeness (QED) is 0.821. The van der Waals surface area contributed by atoms with Crippen molar-refractivity contribution in [2.75, 3.05) is 0 Å². The lowest BCUT2D eigenvalue weighted by atomic mass is 10.00. The molecule has 0 aromatic heterocycles. The van der Waals surface area contributed by atoms with Crippen LogP contribution in [0, 0.1) is 0 Å². The molecular weight excluding hydrogens is 230 g/mol. The number of nitrogens with two attached hydrogens (primary N) is 1. The van der Waals surface area contributed by atoms with E-state index in [1.54, 1.807) is 0 Å². The maximum Gasteiger partial charge on any atom is 0.0543 e. The Morgan fingerprint density at radius 2 is 2.06 bits per heavy atom. The highest BCUT2D eigenvalue weighted by atomic mass is 32.2. The van der Waals surface area contributed by atoms with E-state index in [-0.39, 0.29) is 16.5 Å². The minimum atomic E-state index is -0.832. The normalized spacial score (nSPS) is 26.4. The summed E-state index contributed by atoms with van der Waals surface area (Å²) in [5.41, 5.74) is 8.87. The summed E-state index contributed by atoms with van der Waals surface area (Å²) in [6.07, 6.45) is 3.13. The Morgan fingerprint density at radius 3 is 2.76 bits per heavy atom. The maximum atomic E-state index is 12.3. The van der Waals surface area contributed by atoms with Gasteiger partial charge in [0.25, 0.3) is 0 Å². The van der Waals surface area contributed by atoms with E-state index in [0.717, 1.165) is 19.3 Å². The van der Waals surface area contributed by atoms with E-state index in [0.29, 0.717) is 0 Å². The van der Waals surface area contributed by atoms with Crippen LogP contribution in [0.5, 0.6) is 0 Å². The minimum absolute atomic E-state index is 0.0723. The van der Waals surface area contributed by atoms with Gasteiger partial charge in [0.05, 0.1) is 5.25 Å². The number of aryl methyl sites for hydroxylation is 1. The molecule has 1 aromatic carbocycles. The lowest BCUT2D eigenvalue weighted by molar-refractivity contribution is 0.592. The van der Waals surface area contributed by atoms with E-state index in [4.69, 9.17) is 5.73 Å². The molecule has 1 aliphatic rings.